The highest BCUT2D eigenvalue weighted by atomic mass is 16.4. The minimum Gasteiger partial charge on any atom is -0.478 e. The van der Waals surface area contributed by atoms with Crippen LogP contribution in [0.5, 0.6) is 0 Å². The highest BCUT2D eigenvalue weighted by Gasteiger charge is 1.95. The first-order valence-electron chi connectivity index (χ1n) is 7.82. The topological polar surface area (TPSA) is 37.3 Å². The van der Waals surface area contributed by atoms with E-state index < -0.39 is 5.97 Å². The van der Waals surface area contributed by atoms with Crippen LogP contribution in [0.2, 0.25) is 0 Å². The van der Waals surface area contributed by atoms with Gasteiger partial charge in [0.15, 0.2) is 0 Å². The maximum Gasteiger partial charge on any atom is 0.331 e. The van der Waals surface area contributed by atoms with Crippen LogP contribution in [0.4, 0.5) is 0 Å². The number of aliphatic carboxylic acids is 1. The summed E-state index contributed by atoms with van der Waals surface area (Å²) >= 11 is 0. The van der Waals surface area contributed by atoms with E-state index in [0.717, 1.165) is 5.57 Å². The van der Waals surface area contributed by atoms with Crippen molar-refractivity contribution in [3.63, 3.8) is 0 Å². The Kier molecular flexibility index (Phi) is 8.62. The van der Waals surface area contributed by atoms with Gasteiger partial charge in [-0.05, 0) is 26.3 Å². The Labute approximate surface area is 144 Å². The molecular weight excluding hydrogens is 296 g/mol. The average Bonchev–Trinajstić information content (AvgIpc) is 2.57. The molecule has 1 N–H and O–H groups in total. The molecule has 0 bridgehead atoms. The van der Waals surface area contributed by atoms with E-state index in [9.17, 15) is 4.79 Å². The highest BCUT2D eigenvalue weighted by molar-refractivity contribution is 5.86. The fourth-order valence-electron chi connectivity index (χ4n) is 1.73. The van der Waals surface area contributed by atoms with Crippen LogP contribution in [-0.4, -0.2) is 11.1 Å². The van der Waals surface area contributed by atoms with E-state index in [-0.39, 0.29) is 0 Å². The number of allylic oxidation sites excluding steroid dienone is 10. The van der Waals surface area contributed by atoms with Crippen LogP contribution < -0.4 is 0 Å². The van der Waals surface area contributed by atoms with E-state index in [2.05, 4.69) is 37.3 Å². The normalized spacial score (nSPS) is 14.2. The van der Waals surface area contributed by atoms with Gasteiger partial charge in [0.25, 0.3) is 0 Å². The molecule has 0 atom stereocenters. The molecule has 0 fully saturated rings. The summed E-state index contributed by atoms with van der Waals surface area (Å²) in [4.78, 5) is 10.6. The molecule has 0 amide bonds. The van der Waals surface area contributed by atoms with Gasteiger partial charge in [0.05, 0.1) is 0 Å². The number of hydrogen-bond acceptors (Lipinski definition) is 1. The summed E-state index contributed by atoms with van der Waals surface area (Å²) in [6.07, 6.45) is 17.3. The number of hydrogen-bond donors (Lipinski definition) is 1. The van der Waals surface area contributed by atoms with Crippen LogP contribution in [0.15, 0.2) is 95.7 Å². The number of benzene rings is 1. The summed E-state index contributed by atoms with van der Waals surface area (Å²) in [5, 5.41) is 8.73. The molecule has 24 heavy (non-hydrogen) atoms. The predicted molar refractivity (Wildman–Crippen MR) is 103 cm³/mol. The van der Waals surface area contributed by atoms with Gasteiger partial charge in [-0.1, -0.05) is 96.2 Å². The second kappa shape index (κ2) is 10.8. The van der Waals surface area contributed by atoms with Crippen LogP contribution in [0.3, 0.4) is 0 Å². The van der Waals surface area contributed by atoms with Gasteiger partial charge in [0.2, 0.25) is 0 Å². The summed E-state index contributed by atoms with van der Waals surface area (Å²) < 4.78 is 0. The van der Waals surface area contributed by atoms with Gasteiger partial charge in [-0.2, -0.15) is 0 Å². The van der Waals surface area contributed by atoms with Crippen molar-refractivity contribution in [3.8, 4) is 0 Å². The van der Waals surface area contributed by atoms with Gasteiger partial charge >= 0.3 is 5.97 Å². The van der Waals surface area contributed by atoms with Gasteiger partial charge in [0, 0.05) is 5.57 Å². The predicted octanol–water partition coefficient (Wildman–Crippen LogP) is 5.74. The van der Waals surface area contributed by atoms with E-state index in [1.165, 1.54) is 11.1 Å². The summed E-state index contributed by atoms with van der Waals surface area (Å²) in [6.45, 7) is 5.62. The van der Waals surface area contributed by atoms with Gasteiger partial charge < -0.3 is 5.11 Å². The second-order valence-electron chi connectivity index (χ2n) is 5.46. The molecule has 0 spiro atoms. The molecule has 0 aromatic heterocycles. The SMILES string of the molecule is CC(/C=C/C=C(C)/C=C/c1ccccc1)=C\C=C\C=C(/C)C(=O)O. The minimum absolute atomic E-state index is 0.316. The van der Waals surface area contributed by atoms with Crippen molar-refractivity contribution in [3.05, 3.63) is 101 Å². The molecule has 0 heterocycles. The van der Waals surface area contributed by atoms with Crippen molar-refractivity contribution in [1.82, 2.24) is 0 Å². The van der Waals surface area contributed by atoms with E-state index in [1.54, 1.807) is 19.1 Å². The molecular formula is C22H24O2. The third-order valence-corrected chi connectivity index (χ3v) is 3.21. The van der Waals surface area contributed by atoms with Gasteiger partial charge in [-0.3, -0.25) is 0 Å². The number of carbonyl (C=O) groups is 1. The molecule has 0 radical (unpaired) electrons. The largest absolute Gasteiger partial charge is 0.478 e. The maximum atomic E-state index is 10.6. The monoisotopic (exact) mass is 320 g/mol. The summed E-state index contributed by atoms with van der Waals surface area (Å²) in [5.41, 5.74) is 3.75. The van der Waals surface area contributed by atoms with E-state index in [4.69, 9.17) is 5.11 Å². The van der Waals surface area contributed by atoms with Crippen LogP contribution in [0.25, 0.3) is 6.08 Å². The smallest absolute Gasteiger partial charge is 0.331 e. The quantitative estimate of drug-likeness (QED) is 0.514. The molecule has 124 valence electrons. The van der Waals surface area contributed by atoms with E-state index in [1.807, 2.05) is 49.4 Å². The molecule has 0 aliphatic rings. The lowest BCUT2D eigenvalue weighted by Gasteiger charge is -1.92. The zero-order valence-electron chi connectivity index (χ0n) is 14.4. The van der Waals surface area contributed by atoms with Crippen LogP contribution in [0.1, 0.15) is 26.3 Å². The fraction of sp³-hybridized carbons (Fsp3) is 0.136. The third-order valence-electron chi connectivity index (χ3n) is 3.21. The Morgan fingerprint density at radius 2 is 1.42 bits per heavy atom. The molecule has 1 aromatic rings. The molecule has 2 heteroatoms. The summed E-state index contributed by atoms with van der Waals surface area (Å²) in [6, 6.07) is 10.2. The van der Waals surface area contributed by atoms with E-state index in [0.29, 0.717) is 5.57 Å². The Morgan fingerprint density at radius 1 is 0.833 bits per heavy atom. The first-order chi connectivity index (χ1) is 11.5. The number of carboxylic acid groups (broad SMARTS) is 1. The van der Waals surface area contributed by atoms with Crippen molar-refractivity contribution in [2.75, 3.05) is 0 Å². The van der Waals surface area contributed by atoms with Crippen LogP contribution in [-0.2, 0) is 4.79 Å². The first kappa shape index (κ1) is 19.2. The van der Waals surface area contributed by atoms with E-state index >= 15 is 0 Å². The molecule has 0 unspecified atom stereocenters. The van der Waals surface area contributed by atoms with Crippen molar-refractivity contribution in [1.29, 1.82) is 0 Å². The molecule has 2 nitrogen and oxygen atoms in total. The molecule has 0 saturated heterocycles. The Morgan fingerprint density at radius 3 is 2.08 bits per heavy atom. The molecule has 1 rings (SSSR count). The number of rotatable bonds is 7. The second-order valence-corrected chi connectivity index (χ2v) is 5.46. The third kappa shape index (κ3) is 8.54. The van der Waals surface area contributed by atoms with Crippen molar-refractivity contribution in [2.45, 2.75) is 20.8 Å². The fourth-order valence-corrected chi connectivity index (χ4v) is 1.73. The Hall–Kier alpha value is -2.87. The Bertz CT molecular complexity index is 712. The van der Waals surface area contributed by atoms with Crippen LogP contribution >= 0.6 is 0 Å². The standard InChI is InChI=1S/C22H24O2/c1-18(10-7-8-13-20(3)22(23)24)11-9-12-19(2)16-17-21-14-5-4-6-15-21/h4-17H,1-3H3,(H,23,24)/b8-7+,11-9+,17-16+,18-10+,19-12+,20-13+. The van der Waals surface area contributed by atoms with Crippen LogP contribution in [0, 0.1) is 0 Å². The minimum atomic E-state index is -0.899. The first-order valence-corrected chi connectivity index (χ1v) is 7.82. The zero-order valence-corrected chi connectivity index (χ0v) is 14.4. The molecule has 0 aliphatic heterocycles. The van der Waals surface area contributed by atoms with Gasteiger partial charge in [0.1, 0.15) is 0 Å². The average molecular weight is 320 g/mol. The van der Waals surface area contributed by atoms with Gasteiger partial charge in [-0.15, -0.1) is 0 Å². The lowest BCUT2D eigenvalue weighted by atomic mass is 10.1. The van der Waals surface area contributed by atoms with Crippen molar-refractivity contribution >= 4 is 12.0 Å². The number of carboxylic acids is 1. The van der Waals surface area contributed by atoms with Crippen molar-refractivity contribution in [2.24, 2.45) is 0 Å². The zero-order chi connectivity index (χ0) is 17.8. The van der Waals surface area contributed by atoms with Crippen molar-refractivity contribution < 1.29 is 9.90 Å². The highest BCUT2D eigenvalue weighted by Crippen LogP contribution is 2.05. The lowest BCUT2D eigenvalue weighted by molar-refractivity contribution is -0.132. The summed E-state index contributed by atoms with van der Waals surface area (Å²) in [5.74, 6) is -0.899. The van der Waals surface area contributed by atoms with Gasteiger partial charge in [-0.25, -0.2) is 4.79 Å². The Balaban J connectivity index is 2.56. The summed E-state index contributed by atoms with van der Waals surface area (Å²) in [7, 11) is 0. The molecule has 1 aromatic carbocycles. The molecule has 0 saturated carbocycles. The lowest BCUT2D eigenvalue weighted by Crippen LogP contribution is -1.94. The maximum absolute atomic E-state index is 10.6. The molecule has 0 aliphatic carbocycles.